The second-order valence-electron chi connectivity index (χ2n) is 3.66. The van der Waals surface area contributed by atoms with Gasteiger partial charge in [0.05, 0.1) is 17.3 Å². The lowest BCUT2D eigenvalue weighted by molar-refractivity contribution is 0.412. The Hall–Kier alpha value is -1.40. The zero-order valence-electron chi connectivity index (χ0n) is 10.9. The summed E-state index contributed by atoms with van der Waals surface area (Å²) < 4.78 is 6.06. The topological polar surface area (TPSA) is 45.7 Å². The van der Waals surface area contributed by atoms with Crippen LogP contribution >= 0.6 is 28.1 Å². The van der Waals surface area contributed by atoms with Crippen LogP contribution in [0, 0.1) is 0 Å². The molecule has 0 saturated carbocycles. The highest BCUT2D eigenvalue weighted by Gasteiger charge is 2.03. The predicted octanol–water partition coefficient (Wildman–Crippen LogP) is 2.83. The zero-order valence-corrected chi connectivity index (χ0v) is 13.3. The van der Waals surface area contributed by atoms with Crippen LogP contribution in [0.15, 0.2) is 40.4 Å². The van der Waals surface area contributed by atoms with Crippen LogP contribution < -0.4 is 15.5 Å². The minimum absolute atomic E-state index is 0.465. The maximum absolute atomic E-state index is 5.18. The fourth-order valence-electron chi connectivity index (χ4n) is 1.30. The number of nitrogens with one attached hydrogen (secondary N) is 2. The minimum atomic E-state index is 0.465. The van der Waals surface area contributed by atoms with E-state index in [2.05, 4.69) is 38.4 Å². The Morgan fingerprint density at radius 2 is 2.32 bits per heavy atom. The maximum Gasteiger partial charge on any atom is 0.187 e. The second kappa shape index (κ2) is 7.91. The fourth-order valence-corrected chi connectivity index (χ4v) is 1.96. The molecule has 102 valence electrons. The van der Waals surface area contributed by atoms with Gasteiger partial charge in [0.25, 0.3) is 0 Å². The monoisotopic (exact) mass is 341 g/mol. The molecule has 0 spiro atoms. The van der Waals surface area contributed by atoms with E-state index in [1.165, 1.54) is 0 Å². The molecule has 4 nitrogen and oxygen atoms in total. The summed E-state index contributed by atoms with van der Waals surface area (Å²) in [4.78, 5) is 0. The Morgan fingerprint density at radius 3 is 2.89 bits per heavy atom. The van der Waals surface area contributed by atoms with Crippen LogP contribution in [0.5, 0.6) is 5.75 Å². The smallest absolute Gasteiger partial charge is 0.187 e. The van der Waals surface area contributed by atoms with Crippen LogP contribution in [0.1, 0.15) is 12.5 Å². The molecule has 0 aromatic heterocycles. The molecule has 1 aromatic carbocycles. The van der Waals surface area contributed by atoms with Gasteiger partial charge in [-0.25, -0.2) is 0 Å². The number of benzene rings is 1. The second-order valence-corrected chi connectivity index (χ2v) is 4.92. The van der Waals surface area contributed by atoms with E-state index in [9.17, 15) is 0 Å². The van der Waals surface area contributed by atoms with Crippen LogP contribution in [0.4, 0.5) is 0 Å². The molecule has 0 fully saturated rings. The van der Waals surface area contributed by atoms with Crippen molar-refractivity contribution in [3.05, 3.63) is 40.9 Å². The maximum atomic E-state index is 5.18. The van der Waals surface area contributed by atoms with Gasteiger partial charge in [0.15, 0.2) is 5.11 Å². The Bertz CT molecular complexity index is 503. The number of ether oxygens (including phenoxy) is 1. The van der Waals surface area contributed by atoms with Gasteiger partial charge >= 0.3 is 0 Å². The zero-order chi connectivity index (χ0) is 14.3. The summed E-state index contributed by atoms with van der Waals surface area (Å²) in [6.45, 7) is 6.10. The van der Waals surface area contributed by atoms with E-state index in [1.807, 2.05) is 25.1 Å². The largest absolute Gasteiger partial charge is 0.496 e. The van der Waals surface area contributed by atoms with Gasteiger partial charge in [-0.3, -0.25) is 5.43 Å². The standard InChI is InChI=1S/C13H16BrN3OS/c1-4-7-15-13(19)17-16-9(2)10-5-6-12(18-3)11(14)8-10/h4-6,8H,1,7H2,2-3H3,(H2,15,17,19)/b16-9-. The van der Waals surface area contributed by atoms with Crippen molar-refractivity contribution in [2.24, 2.45) is 5.10 Å². The molecule has 6 heteroatoms. The molecule has 0 amide bonds. The SMILES string of the molecule is C=CCNC(=S)N/N=C(/C)c1ccc(OC)c(Br)c1. The highest BCUT2D eigenvalue weighted by Crippen LogP contribution is 2.25. The Morgan fingerprint density at radius 1 is 1.58 bits per heavy atom. The van der Waals surface area contributed by atoms with Crippen molar-refractivity contribution in [3.8, 4) is 5.75 Å². The number of halogens is 1. The summed E-state index contributed by atoms with van der Waals surface area (Å²) in [5, 5.41) is 7.61. The van der Waals surface area contributed by atoms with Crippen molar-refractivity contribution in [2.75, 3.05) is 13.7 Å². The Labute approximate surface area is 127 Å². The van der Waals surface area contributed by atoms with Gasteiger partial charge in [-0.05, 0) is 58.8 Å². The molecule has 0 aliphatic carbocycles. The first-order chi connectivity index (χ1) is 9.08. The quantitative estimate of drug-likeness (QED) is 0.374. The number of hydrogen-bond acceptors (Lipinski definition) is 3. The normalized spacial score (nSPS) is 10.8. The van der Waals surface area contributed by atoms with Gasteiger partial charge in [0, 0.05) is 6.54 Å². The molecule has 0 aliphatic rings. The van der Waals surface area contributed by atoms with Gasteiger partial charge in [0.2, 0.25) is 0 Å². The third kappa shape index (κ3) is 5.00. The van der Waals surface area contributed by atoms with Crippen molar-refractivity contribution >= 4 is 39.0 Å². The lowest BCUT2D eigenvalue weighted by atomic mass is 10.1. The van der Waals surface area contributed by atoms with Gasteiger partial charge in [-0.15, -0.1) is 6.58 Å². The molecule has 19 heavy (non-hydrogen) atoms. The van der Waals surface area contributed by atoms with Gasteiger partial charge < -0.3 is 10.1 Å². The molecule has 0 aliphatic heterocycles. The number of rotatable bonds is 5. The number of hydrazone groups is 1. The third-order valence-corrected chi connectivity index (χ3v) is 3.16. The summed E-state index contributed by atoms with van der Waals surface area (Å²) in [6, 6.07) is 5.76. The van der Waals surface area contributed by atoms with E-state index < -0.39 is 0 Å². The molecule has 0 heterocycles. The van der Waals surface area contributed by atoms with Crippen LogP contribution in [-0.2, 0) is 0 Å². The first-order valence-electron chi connectivity index (χ1n) is 5.61. The molecule has 1 rings (SSSR count). The summed E-state index contributed by atoms with van der Waals surface area (Å²) in [5.74, 6) is 0.785. The lowest BCUT2D eigenvalue weighted by Gasteiger charge is -2.08. The summed E-state index contributed by atoms with van der Waals surface area (Å²) in [7, 11) is 1.63. The summed E-state index contributed by atoms with van der Waals surface area (Å²) in [5.41, 5.74) is 4.58. The average molecular weight is 342 g/mol. The number of nitrogens with zero attached hydrogens (tertiary/aromatic N) is 1. The van der Waals surface area contributed by atoms with E-state index in [-0.39, 0.29) is 0 Å². The van der Waals surface area contributed by atoms with Gasteiger partial charge in [-0.1, -0.05) is 6.08 Å². The molecule has 0 atom stereocenters. The van der Waals surface area contributed by atoms with E-state index in [1.54, 1.807) is 13.2 Å². The highest BCUT2D eigenvalue weighted by molar-refractivity contribution is 9.10. The van der Waals surface area contributed by atoms with Crippen molar-refractivity contribution in [1.29, 1.82) is 0 Å². The molecule has 1 aromatic rings. The predicted molar refractivity (Wildman–Crippen MR) is 86.8 cm³/mol. The molecular formula is C13H16BrN3OS. The van der Waals surface area contributed by atoms with Crippen molar-refractivity contribution in [1.82, 2.24) is 10.7 Å². The van der Waals surface area contributed by atoms with E-state index in [0.29, 0.717) is 11.7 Å². The van der Waals surface area contributed by atoms with E-state index >= 15 is 0 Å². The van der Waals surface area contributed by atoms with Crippen molar-refractivity contribution < 1.29 is 4.74 Å². The Balaban J connectivity index is 2.71. The van der Waals surface area contributed by atoms with E-state index in [4.69, 9.17) is 17.0 Å². The average Bonchev–Trinajstić information content (AvgIpc) is 2.42. The summed E-state index contributed by atoms with van der Waals surface area (Å²) >= 11 is 8.49. The molecule has 0 radical (unpaired) electrons. The van der Waals surface area contributed by atoms with Gasteiger partial charge in [0.1, 0.15) is 5.75 Å². The van der Waals surface area contributed by atoms with Crippen LogP contribution in [0.2, 0.25) is 0 Å². The summed E-state index contributed by atoms with van der Waals surface area (Å²) in [6.07, 6.45) is 1.73. The molecule has 0 bridgehead atoms. The lowest BCUT2D eigenvalue weighted by Crippen LogP contribution is -2.32. The number of hydrogen-bond donors (Lipinski definition) is 2. The molecule has 0 unspecified atom stereocenters. The van der Waals surface area contributed by atoms with Crippen LogP contribution in [0.25, 0.3) is 0 Å². The molecule has 0 saturated heterocycles. The first kappa shape index (κ1) is 15.7. The first-order valence-corrected chi connectivity index (χ1v) is 6.81. The Kier molecular flexibility index (Phi) is 6.52. The fraction of sp³-hybridized carbons (Fsp3) is 0.231. The molecule has 2 N–H and O–H groups in total. The third-order valence-electron chi connectivity index (χ3n) is 2.30. The number of thiocarbonyl (C=S) groups is 1. The van der Waals surface area contributed by atoms with Crippen LogP contribution in [0.3, 0.4) is 0 Å². The van der Waals surface area contributed by atoms with Crippen molar-refractivity contribution in [2.45, 2.75) is 6.92 Å². The highest BCUT2D eigenvalue weighted by atomic mass is 79.9. The number of methoxy groups -OCH3 is 1. The van der Waals surface area contributed by atoms with E-state index in [0.717, 1.165) is 21.5 Å². The van der Waals surface area contributed by atoms with Gasteiger partial charge in [-0.2, -0.15) is 5.10 Å². The van der Waals surface area contributed by atoms with Crippen molar-refractivity contribution in [3.63, 3.8) is 0 Å². The van der Waals surface area contributed by atoms with Crippen LogP contribution in [-0.4, -0.2) is 24.5 Å². The minimum Gasteiger partial charge on any atom is -0.496 e. The molecular weight excluding hydrogens is 326 g/mol.